The van der Waals surface area contributed by atoms with E-state index in [0.29, 0.717) is 18.5 Å². The Kier molecular flexibility index (Phi) is 5.84. The smallest absolute Gasteiger partial charge is 0.417 e. The number of carbonyl (C=O) groups is 1. The molecule has 2 unspecified atom stereocenters. The number of aliphatic carboxylic acids is 1. The van der Waals surface area contributed by atoms with Gasteiger partial charge in [0, 0.05) is 4.88 Å². The normalized spacial score (nSPS) is 19.8. The number of hydrogen-bond donors (Lipinski definition) is 1. The zero-order chi connectivity index (χ0) is 19.8. The van der Waals surface area contributed by atoms with Crippen molar-refractivity contribution in [2.75, 3.05) is 6.54 Å². The zero-order valence-corrected chi connectivity index (χ0v) is 16.2. The van der Waals surface area contributed by atoms with Gasteiger partial charge in [0.05, 0.1) is 16.6 Å². The number of likely N-dealkylation sites (tertiary alicyclic amines) is 1. The summed E-state index contributed by atoms with van der Waals surface area (Å²) in [5.74, 6) is -0.945. The fourth-order valence-electron chi connectivity index (χ4n) is 3.62. The number of aryl methyl sites for hydroxylation is 1. The second-order valence-electron chi connectivity index (χ2n) is 6.70. The van der Waals surface area contributed by atoms with Crippen LogP contribution in [0.25, 0.3) is 0 Å². The molecule has 3 rings (SSSR count). The van der Waals surface area contributed by atoms with Crippen LogP contribution in [-0.2, 0) is 11.0 Å². The number of halogens is 4. The van der Waals surface area contributed by atoms with Crippen LogP contribution in [0, 0.1) is 6.92 Å². The molecule has 1 saturated heterocycles. The van der Waals surface area contributed by atoms with Gasteiger partial charge in [0.25, 0.3) is 0 Å². The average Bonchev–Trinajstić information content (AvgIpc) is 3.01. The van der Waals surface area contributed by atoms with Crippen molar-refractivity contribution in [1.82, 2.24) is 4.90 Å². The van der Waals surface area contributed by atoms with Gasteiger partial charge in [-0.25, -0.2) is 0 Å². The first-order chi connectivity index (χ1) is 12.7. The number of carboxylic acids is 1. The van der Waals surface area contributed by atoms with E-state index in [4.69, 9.17) is 11.6 Å². The summed E-state index contributed by atoms with van der Waals surface area (Å²) >= 11 is 7.21. The first-order valence-electron chi connectivity index (χ1n) is 8.59. The molecule has 0 spiro atoms. The van der Waals surface area contributed by atoms with Crippen LogP contribution in [0.4, 0.5) is 13.2 Å². The molecule has 1 aromatic carbocycles. The standard InChI is InChI=1S/C19H19ClF3NO2S/c1-11-7-9-27-17(11)16(24-8-3-2-4-15(24)18(25)26)12-5-6-14(20)13(10-12)19(21,22)23/h5-7,9-10,15-16H,2-4,8H2,1H3,(H,25,26). The van der Waals surface area contributed by atoms with E-state index in [1.807, 2.05) is 23.3 Å². The van der Waals surface area contributed by atoms with Crippen LogP contribution in [0.1, 0.15) is 46.9 Å². The van der Waals surface area contributed by atoms with Crippen molar-refractivity contribution in [3.63, 3.8) is 0 Å². The molecule has 0 radical (unpaired) electrons. The van der Waals surface area contributed by atoms with Crippen LogP contribution in [0.5, 0.6) is 0 Å². The van der Waals surface area contributed by atoms with E-state index in [9.17, 15) is 23.1 Å². The highest BCUT2D eigenvalue weighted by Crippen LogP contribution is 2.42. The topological polar surface area (TPSA) is 40.5 Å². The van der Waals surface area contributed by atoms with Crippen LogP contribution >= 0.6 is 22.9 Å². The summed E-state index contributed by atoms with van der Waals surface area (Å²) in [5, 5.41) is 11.2. The number of benzene rings is 1. The molecular weight excluding hydrogens is 399 g/mol. The lowest BCUT2D eigenvalue weighted by molar-refractivity contribution is -0.145. The molecule has 1 aliphatic heterocycles. The van der Waals surface area contributed by atoms with Gasteiger partial charge in [-0.05, 0) is 61.0 Å². The number of carboxylic acid groups (broad SMARTS) is 1. The highest BCUT2D eigenvalue weighted by Gasteiger charge is 2.38. The number of thiophene rings is 1. The van der Waals surface area contributed by atoms with Crippen LogP contribution in [0.2, 0.25) is 5.02 Å². The fourth-order valence-corrected chi connectivity index (χ4v) is 4.91. The Bertz CT molecular complexity index is 837. The summed E-state index contributed by atoms with van der Waals surface area (Å²) < 4.78 is 40.1. The second-order valence-corrected chi connectivity index (χ2v) is 8.05. The lowest BCUT2D eigenvalue weighted by atomic mass is 9.93. The first-order valence-corrected chi connectivity index (χ1v) is 9.85. The van der Waals surface area contributed by atoms with Crippen molar-refractivity contribution >= 4 is 28.9 Å². The molecule has 1 aliphatic rings. The Balaban J connectivity index is 2.14. The first kappa shape index (κ1) is 20.2. The molecule has 2 aromatic rings. The number of hydrogen-bond acceptors (Lipinski definition) is 3. The van der Waals surface area contributed by atoms with Crippen molar-refractivity contribution in [2.45, 2.75) is 44.4 Å². The Morgan fingerprint density at radius 2 is 2.07 bits per heavy atom. The van der Waals surface area contributed by atoms with Crippen molar-refractivity contribution in [3.05, 3.63) is 56.2 Å². The number of alkyl halides is 3. The Hall–Kier alpha value is -1.57. The summed E-state index contributed by atoms with van der Waals surface area (Å²) in [6.45, 7) is 2.40. The molecule has 27 heavy (non-hydrogen) atoms. The summed E-state index contributed by atoms with van der Waals surface area (Å²) in [7, 11) is 0. The molecule has 1 fully saturated rings. The van der Waals surface area contributed by atoms with E-state index in [0.717, 1.165) is 29.3 Å². The van der Waals surface area contributed by atoms with Gasteiger partial charge in [-0.15, -0.1) is 11.3 Å². The third kappa shape index (κ3) is 4.15. The second kappa shape index (κ2) is 7.81. The molecule has 1 N–H and O–H groups in total. The predicted octanol–water partition coefficient (Wildman–Crippen LogP) is 5.76. The van der Waals surface area contributed by atoms with E-state index in [-0.39, 0.29) is 5.02 Å². The zero-order valence-electron chi connectivity index (χ0n) is 14.6. The highest BCUT2D eigenvalue weighted by molar-refractivity contribution is 7.10. The summed E-state index contributed by atoms with van der Waals surface area (Å²) in [6.07, 6.45) is -2.49. The number of nitrogens with zero attached hydrogens (tertiary/aromatic N) is 1. The average molecular weight is 418 g/mol. The van der Waals surface area contributed by atoms with Gasteiger partial charge in [0.1, 0.15) is 6.04 Å². The monoisotopic (exact) mass is 417 g/mol. The van der Waals surface area contributed by atoms with E-state index in [2.05, 4.69) is 0 Å². The van der Waals surface area contributed by atoms with Crippen LogP contribution in [0.15, 0.2) is 29.6 Å². The van der Waals surface area contributed by atoms with Crippen molar-refractivity contribution < 1.29 is 23.1 Å². The van der Waals surface area contributed by atoms with E-state index < -0.39 is 29.8 Å². The Labute approximate surface area is 164 Å². The maximum atomic E-state index is 13.4. The van der Waals surface area contributed by atoms with E-state index >= 15 is 0 Å². The molecule has 3 nitrogen and oxygen atoms in total. The molecule has 2 heterocycles. The van der Waals surface area contributed by atoms with E-state index in [1.165, 1.54) is 17.4 Å². The third-order valence-electron chi connectivity index (χ3n) is 4.92. The molecule has 0 aliphatic carbocycles. The highest BCUT2D eigenvalue weighted by atomic mass is 35.5. The lowest BCUT2D eigenvalue weighted by Gasteiger charge is -2.39. The van der Waals surface area contributed by atoms with Gasteiger partial charge in [-0.2, -0.15) is 13.2 Å². The largest absolute Gasteiger partial charge is 0.480 e. The molecule has 8 heteroatoms. The third-order valence-corrected chi connectivity index (χ3v) is 6.32. The van der Waals surface area contributed by atoms with E-state index in [1.54, 1.807) is 6.07 Å². The van der Waals surface area contributed by atoms with Gasteiger partial charge in [0.15, 0.2) is 0 Å². The molecule has 146 valence electrons. The van der Waals surface area contributed by atoms with Crippen LogP contribution in [-0.4, -0.2) is 28.6 Å². The maximum absolute atomic E-state index is 13.4. The van der Waals surface area contributed by atoms with Gasteiger partial charge in [0.2, 0.25) is 0 Å². The predicted molar refractivity (Wildman–Crippen MR) is 99.3 cm³/mol. The van der Waals surface area contributed by atoms with Crippen molar-refractivity contribution in [1.29, 1.82) is 0 Å². The van der Waals surface area contributed by atoms with Crippen LogP contribution in [0.3, 0.4) is 0 Å². The van der Waals surface area contributed by atoms with Crippen molar-refractivity contribution in [3.8, 4) is 0 Å². The molecular formula is C19H19ClF3NO2S. The van der Waals surface area contributed by atoms with Gasteiger partial charge in [-0.3, -0.25) is 9.69 Å². The molecule has 0 amide bonds. The fraction of sp³-hybridized carbons (Fsp3) is 0.421. The summed E-state index contributed by atoms with van der Waals surface area (Å²) in [5.41, 5.74) is 0.443. The minimum Gasteiger partial charge on any atom is -0.480 e. The minimum absolute atomic E-state index is 0.360. The Morgan fingerprint density at radius 3 is 2.67 bits per heavy atom. The molecule has 2 atom stereocenters. The summed E-state index contributed by atoms with van der Waals surface area (Å²) in [4.78, 5) is 14.5. The van der Waals surface area contributed by atoms with Gasteiger partial charge < -0.3 is 5.11 Å². The SMILES string of the molecule is Cc1ccsc1C(c1ccc(Cl)c(C(F)(F)F)c1)N1CCCCC1C(=O)O. The molecule has 0 bridgehead atoms. The quantitative estimate of drug-likeness (QED) is 0.687. The Morgan fingerprint density at radius 1 is 1.33 bits per heavy atom. The minimum atomic E-state index is -4.57. The van der Waals surface area contributed by atoms with Gasteiger partial charge >= 0.3 is 12.1 Å². The number of piperidine rings is 1. The summed E-state index contributed by atoms with van der Waals surface area (Å²) in [6, 6.07) is 4.48. The van der Waals surface area contributed by atoms with Crippen molar-refractivity contribution in [2.24, 2.45) is 0 Å². The number of rotatable bonds is 4. The lowest BCUT2D eigenvalue weighted by Crippen LogP contribution is -2.46. The van der Waals surface area contributed by atoms with Crippen LogP contribution < -0.4 is 0 Å². The van der Waals surface area contributed by atoms with Gasteiger partial charge in [-0.1, -0.05) is 24.1 Å². The molecule has 0 saturated carbocycles. The molecule has 1 aromatic heterocycles. The maximum Gasteiger partial charge on any atom is 0.417 e.